The molecule has 1 radical (unpaired) electrons. The summed E-state index contributed by atoms with van der Waals surface area (Å²) >= 11 is -4.11. The smallest absolute Gasteiger partial charge is 0 e. The summed E-state index contributed by atoms with van der Waals surface area (Å²) in [5.41, 5.74) is 0. The number of aldehydes is 1. The summed E-state index contributed by atoms with van der Waals surface area (Å²) in [6.45, 7) is 2.05. The van der Waals surface area contributed by atoms with Crippen LogP contribution in [0.1, 0.15) is 45.4 Å². The zero-order chi connectivity index (χ0) is 13.9. The van der Waals surface area contributed by atoms with Gasteiger partial charge in [0.25, 0.3) is 0 Å². The Hall–Kier alpha value is 0.443. The molecule has 0 N–H and O–H groups in total. The molecule has 107 valence electrons. The molecule has 0 aliphatic rings. The second-order valence-electron chi connectivity index (χ2n) is 2.90. The van der Waals surface area contributed by atoms with Crippen molar-refractivity contribution in [2.24, 2.45) is 0 Å². The fourth-order valence-electron chi connectivity index (χ4n) is 0.621. The average Bonchev–Trinajstić information content (AvgIpc) is 2.27. The predicted octanol–water partition coefficient (Wildman–Crippen LogP) is 2.16. The van der Waals surface area contributed by atoms with Gasteiger partial charge in [-0.25, -0.2) is 0 Å². The molecule has 1 atom stereocenters. The van der Waals surface area contributed by atoms with Crippen LogP contribution < -0.4 is 0 Å². The van der Waals surface area contributed by atoms with Gasteiger partial charge in [0.1, 0.15) is 6.29 Å². The van der Waals surface area contributed by atoms with E-state index in [1.54, 1.807) is 0 Å². The van der Waals surface area contributed by atoms with Crippen molar-refractivity contribution in [1.29, 1.82) is 0 Å². The molecule has 0 bridgehead atoms. The summed E-state index contributed by atoms with van der Waals surface area (Å²) in [6, 6.07) is 0. The molecule has 5 nitrogen and oxygen atoms in total. The Labute approximate surface area is 128 Å². The van der Waals surface area contributed by atoms with E-state index in [-0.39, 0.29) is 18.6 Å². The minimum Gasteiger partial charge on any atom is 0 e. The second-order valence-corrected chi connectivity index (χ2v) is 4.48. The van der Waals surface area contributed by atoms with E-state index in [9.17, 15) is 9.59 Å². The van der Waals surface area contributed by atoms with Crippen molar-refractivity contribution < 1.29 is 55.5 Å². The normalized spacial score (nSPS) is 7.44. The zero-order valence-electron chi connectivity index (χ0n) is 10.5. The first-order valence-corrected chi connectivity index (χ1v) is 8.59. The third-order valence-electron chi connectivity index (χ3n) is 1.41. The minimum absolute atomic E-state index is 0. The molecule has 0 aliphatic heterocycles. The molecular formula is C10H20MoO5PV-. The number of hydrogen-bond acceptors (Lipinski definition) is 5. The Morgan fingerprint density at radius 2 is 1.67 bits per heavy atom. The van der Waals surface area contributed by atoms with E-state index >= 15 is 0 Å². The molecule has 0 heterocycles. The summed E-state index contributed by atoms with van der Waals surface area (Å²) in [7, 11) is 2.63. The maximum absolute atomic E-state index is 9.67. The third kappa shape index (κ3) is 70.8. The molecule has 0 fully saturated rings. The number of unbranched alkanes of at least 4 members (excludes halogenated alkanes) is 4. The first kappa shape index (κ1) is 26.9. The van der Waals surface area contributed by atoms with Gasteiger partial charge in [0.2, 0.25) is 0 Å². The molecule has 0 spiro atoms. The molecule has 0 aromatic carbocycles. The zero-order valence-corrected chi connectivity index (χ0v) is 15.1. The molecule has 0 aromatic heterocycles. The number of carbonyl (C=O) groups excluding carboxylic acids is 2. The van der Waals surface area contributed by atoms with Gasteiger partial charge in [-0.05, 0) is 19.0 Å². The van der Waals surface area contributed by atoms with Gasteiger partial charge in [-0.2, -0.15) is 6.42 Å². The van der Waals surface area contributed by atoms with Crippen molar-refractivity contribution in [2.45, 2.75) is 45.4 Å². The van der Waals surface area contributed by atoms with E-state index in [1.165, 1.54) is 0 Å². The van der Waals surface area contributed by atoms with Crippen LogP contribution in [0.3, 0.4) is 0 Å². The number of carbonyl (C=O) groups is 1. The van der Waals surface area contributed by atoms with E-state index in [2.05, 4.69) is 16.2 Å². The van der Waals surface area contributed by atoms with Gasteiger partial charge in [0.15, 0.2) is 0 Å². The van der Waals surface area contributed by atoms with Gasteiger partial charge in [-0.3, -0.25) is 6.29 Å². The molecular weight excluding hydrogens is 378 g/mol. The number of hydrogen-bond donors (Lipinski definition) is 0. The summed E-state index contributed by atoms with van der Waals surface area (Å²) in [4.78, 5) is 19.1. The molecule has 1 unspecified atom stereocenters. The van der Waals surface area contributed by atoms with E-state index in [4.69, 9.17) is 10.2 Å². The minimum atomic E-state index is -4.11. The van der Waals surface area contributed by atoms with Crippen LogP contribution in [0.2, 0.25) is 0 Å². The van der Waals surface area contributed by atoms with Crippen LogP contribution in [0.5, 0.6) is 0 Å². The third-order valence-corrected chi connectivity index (χ3v) is 1.82. The maximum Gasteiger partial charge on any atom is 0 e. The number of rotatable bonds is 7. The molecule has 0 saturated heterocycles. The molecule has 0 aliphatic carbocycles. The van der Waals surface area contributed by atoms with E-state index in [0.29, 0.717) is 6.42 Å². The first-order chi connectivity index (χ1) is 8.06. The largest absolute Gasteiger partial charge is 0 e. The van der Waals surface area contributed by atoms with Crippen molar-refractivity contribution in [2.75, 3.05) is 6.16 Å². The SMILES string of the molecule is CCCC[C-]=O.O=CCCCCP.[O]=[Mo](=[O])=[O].[V]. The summed E-state index contributed by atoms with van der Waals surface area (Å²) in [6.07, 6.45) is 9.54. The Kier molecular flexibility index (Phi) is 45.5. The summed E-state index contributed by atoms with van der Waals surface area (Å²) < 4.78 is 25.8. The van der Waals surface area contributed by atoms with Gasteiger partial charge in [0.05, 0.1) is 0 Å². The van der Waals surface area contributed by atoms with Crippen molar-refractivity contribution in [3.8, 4) is 0 Å². The van der Waals surface area contributed by atoms with Crippen LogP contribution in [-0.4, -0.2) is 18.7 Å². The van der Waals surface area contributed by atoms with Crippen molar-refractivity contribution in [3.63, 3.8) is 0 Å². The quantitative estimate of drug-likeness (QED) is 0.216. The fraction of sp³-hybridized carbons (Fsp3) is 0.800. The standard InChI is InChI=1S/C5H11OP.C5H9O.Mo.3O.V/c6-4-2-1-3-5-7;1-2-3-4-5-6;;;;;/h4H,1-3,5,7H2;2-4H2,1H3;;;;;/q;-1;;;;;. The Morgan fingerprint density at radius 1 is 1.17 bits per heavy atom. The van der Waals surface area contributed by atoms with E-state index in [0.717, 1.165) is 44.6 Å². The Bertz CT molecular complexity index is 248. The molecule has 18 heavy (non-hydrogen) atoms. The molecule has 0 aromatic rings. The molecule has 0 rings (SSSR count). The Balaban J connectivity index is -0.0000000823. The Morgan fingerprint density at radius 3 is 1.89 bits per heavy atom. The fourth-order valence-corrected chi connectivity index (χ4v) is 0.910. The van der Waals surface area contributed by atoms with Crippen LogP contribution in [0.4, 0.5) is 0 Å². The summed E-state index contributed by atoms with van der Waals surface area (Å²) in [5, 5.41) is 0. The van der Waals surface area contributed by atoms with Crippen LogP contribution in [-0.2, 0) is 55.5 Å². The van der Waals surface area contributed by atoms with Gasteiger partial charge in [0, 0.05) is 25.0 Å². The maximum atomic E-state index is 9.67. The van der Waals surface area contributed by atoms with Gasteiger partial charge in [-0.1, -0.05) is 19.8 Å². The molecule has 8 heteroatoms. The van der Waals surface area contributed by atoms with Crippen molar-refractivity contribution in [1.82, 2.24) is 0 Å². The van der Waals surface area contributed by atoms with Gasteiger partial charge >= 0.3 is 27.4 Å². The predicted molar refractivity (Wildman–Crippen MR) is 61.8 cm³/mol. The average molecular weight is 398 g/mol. The molecule has 0 saturated carbocycles. The van der Waals surface area contributed by atoms with Crippen LogP contribution in [0.25, 0.3) is 0 Å². The van der Waals surface area contributed by atoms with E-state index < -0.39 is 17.2 Å². The van der Waals surface area contributed by atoms with E-state index in [1.807, 2.05) is 6.29 Å². The van der Waals surface area contributed by atoms with Crippen LogP contribution in [0.15, 0.2) is 0 Å². The van der Waals surface area contributed by atoms with Gasteiger partial charge in [-0.15, -0.1) is 9.24 Å². The summed E-state index contributed by atoms with van der Waals surface area (Å²) in [5.74, 6) is 0. The monoisotopic (exact) mass is 400 g/mol. The topological polar surface area (TPSA) is 85.3 Å². The van der Waals surface area contributed by atoms with Crippen LogP contribution >= 0.6 is 9.24 Å². The first-order valence-electron chi connectivity index (χ1n) is 5.32. The van der Waals surface area contributed by atoms with Crippen molar-refractivity contribution >= 4 is 21.8 Å². The second kappa shape index (κ2) is 30.5. The van der Waals surface area contributed by atoms with Crippen LogP contribution in [0, 0.1) is 0 Å². The van der Waals surface area contributed by atoms with Crippen molar-refractivity contribution in [3.05, 3.63) is 0 Å². The molecule has 0 amide bonds. The van der Waals surface area contributed by atoms with Gasteiger partial charge < -0.3 is 9.59 Å².